The fraction of sp³-hybridized carbons (Fsp3) is 0.333. The van der Waals surface area contributed by atoms with E-state index in [0.29, 0.717) is 0 Å². The second-order valence-electron chi connectivity index (χ2n) is 4.76. The highest BCUT2D eigenvalue weighted by Gasteiger charge is 2.12. The number of rotatable bonds is 6. The van der Waals surface area contributed by atoms with Gasteiger partial charge in [0.25, 0.3) is 0 Å². The Labute approximate surface area is 99.3 Å². The van der Waals surface area contributed by atoms with Gasteiger partial charge in [-0.25, -0.2) is 0 Å². The number of benzene rings is 1. The lowest BCUT2D eigenvalue weighted by atomic mass is 10.2. The first kappa shape index (κ1) is 12.7. The minimum atomic E-state index is 0.964. The summed E-state index contributed by atoms with van der Waals surface area (Å²) in [6.07, 6.45) is 7.31. The first-order chi connectivity index (χ1) is 7.64. The third-order valence-electron chi connectivity index (χ3n) is 2.52. The monoisotopic (exact) mass is 216 g/mol. The summed E-state index contributed by atoms with van der Waals surface area (Å²) in [7, 11) is 4.51. The predicted molar refractivity (Wildman–Crippen MR) is 71.1 cm³/mol. The van der Waals surface area contributed by atoms with Crippen molar-refractivity contribution in [2.24, 2.45) is 0 Å². The summed E-state index contributed by atoms with van der Waals surface area (Å²) in [5.74, 6) is 0. The molecule has 0 unspecified atom stereocenters. The minimum absolute atomic E-state index is 0.964. The molecular formula is C15H22N+. The smallest absolute Gasteiger partial charge is 0.104 e. The van der Waals surface area contributed by atoms with Crippen LogP contribution in [0.1, 0.15) is 12.0 Å². The first-order valence-electron chi connectivity index (χ1n) is 5.76. The lowest BCUT2D eigenvalue weighted by Crippen LogP contribution is -2.38. The van der Waals surface area contributed by atoms with Gasteiger partial charge in [0.05, 0.1) is 20.6 Å². The van der Waals surface area contributed by atoms with Crippen LogP contribution in [-0.2, 0) is 6.54 Å². The third kappa shape index (κ3) is 4.94. The average molecular weight is 216 g/mol. The van der Waals surface area contributed by atoms with Gasteiger partial charge in [0, 0.05) is 5.56 Å². The van der Waals surface area contributed by atoms with Gasteiger partial charge in [-0.05, 0) is 12.5 Å². The van der Waals surface area contributed by atoms with Crippen molar-refractivity contribution in [3.05, 3.63) is 60.7 Å². The van der Waals surface area contributed by atoms with Crippen LogP contribution in [0.5, 0.6) is 0 Å². The zero-order valence-corrected chi connectivity index (χ0v) is 10.4. The first-order valence-corrected chi connectivity index (χ1v) is 5.76. The Kier molecular flexibility index (Phi) is 5.00. The molecule has 0 saturated heterocycles. The molecule has 1 nitrogen and oxygen atoms in total. The van der Waals surface area contributed by atoms with Gasteiger partial charge >= 0.3 is 0 Å². The summed E-state index contributed by atoms with van der Waals surface area (Å²) in [5, 5.41) is 0. The van der Waals surface area contributed by atoms with Gasteiger partial charge < -0.3 is 4.48 Å². The molecule has 1 aromatic rings. The van der Waals surface area contributed by atoms with Crippen LogP contribution in [0.25, 0.3) is 0 Å². The Morgan fingerprint density at radius 3 is 2.44 bits per heavy atom. The second kappa shape index (κ2) is 6.29. The molecule has 0 bridgehead atoms. The molecule has 0 amide bonds. The summed E-state index contributed by atoms with van der Waals surface area (Å²) in [6, 6.07) is 10.6. The van der Waals surface area contributed by atoms with Crippen LogP contribution in [-0.4, -0.2) is 25.1 Å². The summed E-state index contributed by atoms with van der Waals surface area (Å²) in [4.78, 5) is 0. The van der Waals surface area contributed by atoms with Crippen LogP contribution in [0.15, 0.2) is 55.1 Å². The molecule has 86 valence electrons. The van der Waals surface area contributed by atoms with Crippen molar-refractivity contribution in [2.45, 2.75) is 13.0 Å². The molecule has 0 aliphatic heterocycles. The molecule has 1 heteroatoms. The number of allylic oxidation sites excluding steroid dienone is 2. The summed E-state index contributed by atoms with van der Waals surface area (Å²) in [6.45, 7) is 5.83. The molecule has 0 radical (unpaired) electrons. The van der Waals surface area contributed by atoms with Gasteiger partial charge in [0.1, 0.15) is 6.54 Å². The van der Waals surface area contributed by atoms with E-state index >= 15 is 0 Å². The van der Waals surface area contributed by atoms with Crippen molar-refractivity contribution in [3.8, 4) is 0 Å². The molecular weight excluding hydrogens is 194 g/mol. The fourth-order valence-electron chi connectivity index (χ4n) is 1.69. The minimum Gasteiger partial charge on any atom is -0.321 e. The largest absolute Gasteiger partial charge is 0.321 e. The lowest BCUT2D eigenvalue weighted by molar-refractivity contribution is -0.897. The number of quaternary nitrogens is 1. The van der Waals surface area contributed by atoms with Crippen molar-refractivity contribution in [2.75, 3.05) is 20.6 Å². The standard InChI is InChI=1S/C15H22N/c1-4-5-6-10-13-16(2,3)14-15-11-8-7-9-12-15/h4,6-12H,1,5,13-14H2,2-3H3/q+1. The van der Waals surface area contributed by atoms with Crippen LogP contribution in [0, 0.1) is 0 Å². The topological polar surface area (TPSA) is 0 Å². The Morgan fingerprint density at radius 2 is 1.81 bits per heavy atom. The molecule has 16 heavy (non-hydrogen) atoms. The van der Waals surface area contributed by atoms with E-state index in [1.54, 1.807) is 0 Å². The molecule has 0 spiro atoms. The van der Waals surface area contributed by atoms with Gasteiger partial charge in [-0.1, -0.05) is 42.5 Å². The van der Waals surface area contributed by atoms with Crippen LogP contribution in [0.3, 0.4) is 0 Å². The molecule has 1 aromatic carbocycles. The molecule has 0 aromatic heterocycles. The van der Waals surface area contributed by atoms with Crippen molar-refractivity contribution in [3.63, 3.8) is 0 Å². The highest BCUT2D eigenvalue weighted by atomic mass is 15.3. The van der Waals surface area contributed by atoms with Crippen molar-refractivity contribution in [1.29, 1.82) is 0 Å². The van der Waals surface area contributed by atoms with Crippen LogP contribution in [0.4, 0.5) is 0 Å². The third-order valence-corrected chi connectivity index (χ3v) is 2.52. The maximum absolute atomic E-state index is 3.71. The van der Waals surface area contributed by atoms with Gasteiger partial charge in [0.2, 0.25) is 0 Å². The van der Waals surface area contributed by atoms with E-state index in [-0.39, 0.29) is 0 Å². The maximum Gasteiger partial charge on any atom is 0.104 e. The zero-order valence-electron chi connectivity index (χ0n) is 10.4. The van der Waals surface area contributed by atoms with E-state index in [0.717, 1.165) is 24.0 Å². The molecule has 0 atom stereocenters. The van der Waals surface area contributed by atoms with Crippen LogP contribution < -0.4 is 0 Å². The number of hydrogen-bond acceptors (Lipinski definition) is 0. The van der Waals surface area contributed by atoms with Crippen LogP contribution in [0.2, 0.25) is 0 Å². The van der Waals surface area contributed by atoms with E-state index in [4.69, 9.17) is 0 Å². The summed E-state index contributed by atoms with van der Waals surface area (Å²) < 4.78 is 0.984. The zero-order chi connectivity index (χ0) is 11.9. The average Bonchev–Trinajstić information content (AvgIpc) is 2.25. The van der Waals surface area contributed by atoms with Gasteiger partial charge in [-0.3, -0.25) is 0 Å². The van der Waals surface area contributed by atoms with E-state index in [2.05, 4.69) is 63.2 Å². The Morgan fingerprint density at radius 1 is 1.12 bits per heavy atom. The predicted octanol–water partition coefficient (Wildman–Crippen LogP) is 3.40. The van der Waals surface area contributed by atoms with Crippen molar-refractivity contribution in [1.82, 2.24) is 0 Å². The Balaban J connectivity index is 2.48. The number of hydrogen-bond donors (Lipinski definition) is 0. The lowest BCUT2D eigenvalue weighted by Gasteiger charge is -2.28. The van der Waals surface area contributed by atoms with E-state index in [1.165, 1.54) is 5.56 Å². The molecule has 0 saturated carbocycles. The highest BCUT2D eigenvalue weighted by Crippen LogP contribution is 2.08. The fourth-order valence-corrected chi connectivity index (χ4v) is 1.69. The molecule has 0 fully saturated rings. The van der Waals surface area contributed by atoms with Crippen molar-refractivity contribution >= 4 is 0 Å². The van der Waals surface area contributed by atoms with E-state index in [9.17, 15) is 0 Å². The highest BCUT2D eigenvalue weighted by molar-refractivity contribution is 5.13. The van der Waals surface area contributed by atoms with E-state index in [1.807, 2.05) is 6.08 Å². The Hall–Kier alpha value is -1.34. The maximum atomic E-state index is 3.71. The number of nitrogens with zero attached hydrogens (tertiary/aromatic N) is 1. The quantitative estimate of drug-likeness (QED) is 0.505. The molecule has 0 heterocycles. The SMILES string of the molecule is C=CCC=CC[N+](C)(C)Cc1ccccc1. The summed E-state index contributed by atoms with van der Waals surface area (Å²) >= 11 is 0. The van der Waals surface area contributed by atoms with Crippen molar-refractivity contribution < 1.29 is 4.48 Å². The molecule has 0 aliphatic carbocycles. The molecule has 1 rings (SSSR count). The van der Waals surface area contributed by atoms with Gasteiger partial charge in [-0.2, -0.15) is 0 Å². The van der Waals surface area contributed by atoms with Gasteiger partial charge in [0.15, 0.2) is 0 Å². The Bertz CT molecular complexity index is 336. The summed E-state index contributed by atoms with van der Waals surface area (Å²) in [5.41, 5.74) is 1.39. The van der Waals surface area contributed by atoms with Gasteiger partial charge in [-0.15, -0.1) is 6.58 Å². The second-order valence-corrected chi connectivity index (χ2v) is 4.76. The normalized spacial score (nSPS) is 11.9. The number of likely N-dealkylation sites (N-methyl/N-ethyl adjacent to an activating group) is 1. The van der Waals surface area contributed by atoms with E-state index < -0.39 is 0 Å². The van der Waals surface area contributed by atoms with Crippen LogP contribution >= 0.6 is 0 Å². The molecule has 0 aliphatic rings. The molecule has 0 N–H and O–H groups in total.